The molecule has 2 atom stereocenters. The Morgan fingerprint density at radius 1 is 0.781 bits per heavy atom. The molecule has 7 rings (SSSR count). The first-order valence-corrected chi connectivity index (χ1v) is 10.6. The van der Waals surface area contributed by atoms with Crippen LogP contribution in [-0.2, 0) is 0 Å². The molecule has 6 nitrogen and oxygen atoms in total. The third-order valence-electron chi connectivity index (χ3n) is 6.73. The fourth-order valence-corrected chi connectivity index (χ4v) is 5.22. The maximum absolute atomic E-state index is 10.8. The van der Waals surface area contributed by atoms with Crippen molar-refractivity contribution in [3.63, 3.8) is 0 Å². The summed E-state index contributed by atoms with van der Waals surface area (Å²) in [5.41, 5.74) is 4.93. The molecule has 3 heterocycles. The van der Waals surface area contributed by atoms with Crippen molar-refractivity contribution in [1.82, 2.24) is 19.5 Å². The number of benzene rings is 2. The minimum absolute atomic E-state index is 0.126. The van der Waals surface area contributed by atoms with Crippen LogP contribution in [-0.4, -0.2) is 29.7 Å². The molecule has 6 heteroatoms. The molecule has 0 aliphatic heterocycles. The second-order valence-corrected chi connectivity index (χ2v) is 8.46. The lowest BCUT2D eigenvalue weighted by molar-refractivity contribution is 0.395. The van der Waals surface area contributed by atoms with Gasteiger partial charge in [-0.2, -0.15) is 0 Å². The van der Waals surface area contributed by atoms with Crippen molar-refractivity contribution in [3.05, 3.63) is 84.2 Å². The number of rotatable bonds is 2. The lowest BCUT2D eigenvalue weighted by atomic mass is 10.0. The predicted molar refractivity (Wildman–Crippen MR) is 122 cm³/mol. The summed E-state index contributed by atoms with van der Waals surface area (Å²) in [6.07, 6.45) is 8.77. The highest BCUT2D eigenvalue weighted by Gasteiger charge is 2.41. The van der Waals surface area contributed by atoms with Gasteiger partial charge in [0.2, 0.25) is 11.8 Å². The Balaban J connectivity index is 1.31. The Kier molecular flexibility index (Phi) is 3.37. The van der Waals surface area contributed by atoms with Crippen LogP contribution in [0.15, 0.2) is 73.1 Å². The summed E-state index contributed by atoms with van der Waals surface area (Å²) in [4.78, 5) is 13.8. The molecule has 2 aromatic carbocycles. The number of hydrogen-bond donors (Lipinski definition) is 2. The zero-order chi connectivity index (χ0) is 21.4. The molecule has 0 fully saturated rings. The first-order valence-electron chi connectivity index (χ1n) is 10.6. The standard InChI is InChI=1S/C26H18N4O2/c31-25-20-16-4-5-17(12-16)21(20)26(32)30(25)19-9-7-15(8-10-19)24-28-13-18-6-3-14-2-1-11-27-22(14)23(18)29-24/h1-11,13,16-17,31-32H,12H2/t16-,17?/m0/s1. The zero-order valence-electron chi connectivity index (χ0n) is 17.0. The van der Waals surface area contributed by atoms with Gasteiger partial charge < -0.3 is 10.2 Å². The maximum atomic E-state index is 10.8. The van der Waals surface area contributed by atoms with Crippen LogP contribution in [0.3, 0.4) is 0 Å². The summed E-state index contributed by atoms with van der Waals surface area (Å²) in [6.45, 7) is 0. The van der Waals surface area contributed by atoms with E-state index >= 15 is 0 Å². The molecule has 5 aromatic rings. The van der Waals surface area contributed by atoms with Crippen molar-refractivity contribution in [3.8, 4) is 28.8 Å². The van der Waals surface area contributed by atoms with Gasteiger partial charge in [0.25, 0.3) is 0 Å². The van der Waals surface area contributed by atoms with Crippen LogP contribution >= 0.6 is 0 Å². The molecular weight excluding hydrogens is 400 g/mol. The number of fused-ring (bicyclic) bond motifs is 8. The van der Waals surface area contributed by atoms with Crippen LogP contribution in [0.1, 0.15) is 29.4 Å². The highest BCUT2D eigenvalue weighted by molar-refractivity contribution is 6.02. The SMILES string of the molecule is Oc1c2c(c(O)n1-c1ccc(-c3ncc4ccc5cccnc5c4n3)cc1)[C@H]1C=CC2C1. The van der Waals surface area contributed by atoms with Gasteiger partial charge in [0.15, 0.2) is 5.82 Å². The topological polar surface area (TPSA) is 84.1 Å². The average molecular weight is 418 g/mol. The number of allylic oxidation sites excluding steroid dienone is 2. The number of pyridine rings is 1. The second-order valence-electron chi connectivity index (χ2n) is 8.46. The van der Waals surface area contributed by atoms with Gasteiger partial charge >= 0.3 is 0 Å². The van der Waals surface area contributed by atoms with E-state index in [4.69, 9.17) is 4.98 Å². The molecule has 3 aromatic heterocycles. The molecule has 2 aliphatic rings. The first-order chi connectivity index (χ1) is 15.7. The Bertz CT molecular complexity index is 1550. The van der Waals surface area contributed by atoms with Gasteiger partial charge in [-0.05, 0) is 36.8 Å². The second kappa shape index (κ2) is 6.17. The average Bonchev–Trinajstić information content (AvgIpc) is 3.52. The number of aromatic nitrogens is 4. The molecule has 2 aliphatic carbocycles. The summed E-state index contributed by atoms with van der Waals surface area (Å²) in [7, 11) is 0. The molecule has 0 amide bonds. The lowest BCUT2D eigenvalue weighted by Gasteiger charge is -2.11. The Morgan fingerprint density at radius 3 is 2.25 bits per heavy atom. The fraction of sp³-hybridized carbons (Fsp3) is 0.115. The summed E-state index contributed by atoms with van der Waals surface area (Å²) < 4.78 is 1.53. The third kappa shape index (κ3) is 2.26. The molecule has 1 unspecified atom stereocenters. The number of hydrogen-bond acceptors (Lipinski definition) is 5. The lowest BCUT2D eigenvalue weighted by Crippen LogP contribution is -1.96. The van der Waals surface area contributed by atoms with Crippen LogP contribution in [0.4, 0.5) is 0 Å². The Hall–Kier alpha value is -4.19. The monoisotopic (exact) mass is 418 g/mol. The fourth-order valence-electron chi connectivity index (χ4n) is 5.22. The van der Waals surface area contributed by atoms with Gasteiger partial charge in [0.05, 0.1) is 11.2 Å². The van der Waals surface area contributed by atoms with E-state index in [0.717, 1.165) is 44.9 Å². The summed E-state index contributed by atoms with van der Waals surface area (Å²) in [5.74, 6) is 1.24. The minimum atomic E-state index is 0.126. The van der Waals surface area contributed by atoms with Gasteiger partial charge in [-0.1, -0.05) is 30.4 Å². The summed E-state index contributed by atoms with van der Waals surface area (Å²) >= 11 is 0. The molecule has 2 N–H and O–H groups in total. The smallest absolute Gasteiger partial charge is 0.202 e. The van der Waals surface area contributed by atoms with Gasteiger partial charge in [0.1, 0.15) is 5.52 Å². The molecule has 2 bridgehead atoms. The predicted octanol–water partition coefficient (Wildman–Crippen LogP) is 5.19. The normalized spacial score (nSPS) is 18.6. The van der Waals surface area contributed by atoms with E-state index in [0.29, 0.717) is 11.5 Å². The van der Waals surface area contributed by atoms with Crippen molar-refractivity contribution < 1.29 is 10.2 Å². The van der Waals surface area contributed by atoms with Gasteiger partial charge in [0, 0.05) is 51.7 Å². The van der Waals surface area contributed by atoms with Crippen molar-refractivity contribution >= 4 is 21.8 Å². The zero-order valence-corrected chi connectivity index (χ0v) is 17.0. The number of aromatic hydroxyl groups is 2. The number of nitrogens with zero attached hydrogens (tertiary/aromatic N) is 4. The molecule has 0 radical (unpaired) electrons. The van der Waals surface area contributed by atoms with E-state index in [9.17, 15) is 10.2 Å². The van der Waals surface area contributed by atoms with Crippen LogP contribution in [0.2, 0.25) is 0 Å². The van der Waals surface area contributed by atoms with Gasteiger partial charge in [-0.3, -0.25) is 9.55 Å². The van der Waals surface area contributed by atoms with E-state index in [-0.39, 0.29) is 23.6 Å². The van der Waals surface area contributed by atoms with Crippen molar-refractivity contribution in [2.75, 3.05) is 0 Å². The Labute approximate surface area is 183 Å². The quantitative estimate of drug-likeness (QED) is 0.305. The van der Waals surface area contributed by atoms with Gasteiger partial charge in [-0.15, -0.1) is 0 Å². The molecule has 154 valence electrons. The van der Waals surface area contributed by atoms with E-state index in [1.54, 1.807) is 6.20 Å². The van der Waals surface area contributed by atoms with E-state index < -0.39 is 0 Å². The van der Waals surface area contributed by atoms with Gasteiger partial charge in [-0.25, -0.2) is 9.97 Å². The molecular formula is C26H18N4O2. The van der Waals surface area contributed by atoms with E-state index in [2.05, 4.69) is 22.1 Å². The highest BCUT2D eigenvalue weighted by atomic mass is 16.3. The summed E-state index contributed by atoms with van der Waals surface area (Å²) in [6, 6.07) is 15.5. The molecule has 0 saturated carbocycles. The molecule has 32 heavy (non-hydrogen) atoms. The minimum Gasteiger partial charge on any atom is -0.494 e. The van der Waals surface area contributed by atoms with Crippen molar-refractivity contribution in [1.29, 1.82) is 0 Å². The van der Waals surface area contributed by atoms with E-state index in [1.165, 1.54) is 4.57 Å². The van der Waals surface area contributed by atoms with Crippen LogP contribution in [0.25, 0.3) is 38.9 Å². The van der Waals surface area contributed by atoms with Crippen molar-refractivity contribution in [2.45, 2.75) is 18.3 Å². The largest absolute Gasteiger partial charge is 0.494 e. The van der Waals surface area contributed by atoms with Crippen molar-refractivity contribution in [2.24, 2.45) is 0 Å². The first kappa shape index (κ1) is 17.5. The van der Waals surface area contributed by atoms with Crippen LogP contribution in [0, 0.1) is 0 Å². The van der Waals surface area contributed by atoms with Crippen LogP contribution < -0.4 is 0 Å². The third-order valence-corrected chi connectivity index (χ3v) is 6.73. The highest BCUT2D eigenvalue weighted by Crippen LogP contribution is 2.57. The van der Waals surface area contributed by atoms with E-state index in [1.807, 2.05) is 54.7 Å². The molecule has 0 saturated heterocycles. The summed E-state index contributed by atoms with van der Waals surface area (Å²) in [5, 5.41) is 23.7. The maximum Gasteiger partial charge on any atom is 0.202 e. The van der Waals surface area contributed by atoms with Crippen LogP contribution in [0.5, 0.6) is 11.8 Å². The Morgan fingerprint density at radius 2 is 1.50 bits per heavy atom. The molecule has 0 spiro atoms.